The monoisotopic (exact) mass is 728 g/mol. The highest BCUT2D eigenvalue weighted by Gasteiger charge is 2.46. The van der Waals surface area contributed by atoms with E-state index in [1.54, 1.807) is 84.9 Å². The molecule has 2 aliphatic heterocycles. The van der Waals surface area contributed by atoms with Crippen LogP contribution >= 0.6 is 11.6 Å². The molecular formula is C37H41ClO13. The van der Waals surface area contributed by atoms with Gasteiger partial charge in [0.2, 0.25) is 0 Å². The molecule has 13 nitrogen and oxygen atoms in total. The molecular weight excluding hydrogens is 688 g/mol. The third kappa shape index (κ3) is 13.1. The minimum absolute atomic E-state index is 0.0416. The summed E-state index contributed by atoms with van der Waals surface area (Å²) in [5.41, 5.74) is 1.16. The number of halogens is 1. The average Bonchev–Trinajstić information content (AvgIpc) is 3.16. The quantitative estimate of drug-likeness (QED) is 0.128. The van der Waals surface area contributed by atoms with Gasteiger partial charge in [-0.1, -0.05) is 78.9 Å². The van der Waals surface area contributed by atoms with E-state index in [-0.39, 0.29) is 26.4 Å². The fourth-order valence-electron chi connectivity index (χ4n) is 4.52. The maximum Gasteiger partial charge on any atom is 0.338 e. The highest BCUT2D eigenvalue weighted by molar-refractivity contribution is 6.67. The molecule has 274 valence electrons. The van der Waals surface area contributed by atoms with Gasteiger partial charge in [-0.25, -0.2) is 9.59 Å². The number of aliphatic hydroxyl groups excluding tert-OH is 4. The van der Waals surface area contributed by atoms with Gasteiger partial charge in [0.1, 0.15) is 24.4 Å². The summed E-state index contributed by atoms with van der Waals surface area (Å²) < 4.78 is 32.0. The number of ether oxygens (including phenoxy) is 6. The van der Waals surface area contributed by atoms with Crippen LogP contribution in [0.3, 0.4) is 0 Å². The van der Waals surface area contributed by atoms with Gasteiger partial charge in [0, 0.05) is 5.56 Å². The molecule has 0 saturated carbocycles. The van der Waals surface area contributed by atoms with E-state index in [9.17, 15) is 29.7 Å². The zero-order chi connectivity index (χ0) is 37.2. The molecule has 51 heavy (non-hydrogen) atoms. The van der Waals surface area contributed by atoms with E-state index in [2.05, 4.69) is 13.2 Å². The van der Waals surface area contributed by atoms with Crippen LogP contribution in [0.2, 0.25) is 0 Å². The number of carbonyl (C=O) groups excluding carboxylic acids is 3. The maximum atomic E-state index is 12.6. The first-order valence-corrected chi connectivity index (χ1v) is 16.1. The van der Waals surface area contributed by atoms with Crippen molar-refractivity contribution in [1.82, 2.24) is 0 Å². The second-order valence-electron chi connectivity index (χ2n) is 10.9. The van der Waals surface area contributed by atoms with Crippen molar-refractivity contribution in [2.45, 2.75) is 49.2 Å². The molecule has 0 bridgehead atoms. The lowest BCUT2D eigenvalue weighted by molar-refractivity contribution is -0.266. The molecule has 14 heteroatoms. The molecule has 2 unspecified atom stereocenters. The van der Waals surface area contributed by atoms with Crippen molar-refractivity contribution < 1.29 is 63.2 Å². The molecule has 0 spiro atoms. The normalized spacial score (nSPS) is 25.4. The van der Waals surface area contributed by atoms with E-state index in [0.717, 1.165) is 0 Å². The number of rotatable bonds is 11. The van der Waals surface area contributed by atoms with Gasteiger partial charge in [0.25, 0.3) is 5.24 Å². The molecule has 5 rings (SSSR count). The minimum Gasteiger partial charge on any atom is -0.452 e. The molecule has 2 fully saturated rings. The van der Waals surface area contributed by atoms with Crippen molar-refractivity contribution in [3.8, 4) is 0 Å². The van der Waals surface area contributed by atoms with Crippen LogP contribution in [0.15, 0.2) is 116 Å². The summed E-state index contributed by atoms with van der Waals surface area (Å²) in [4.78, 5) is 35.5. The zero-order valence-electron chi connectivity index (χ0n) is 27.5. The first-order chi connectivity index (χ1) is 24.6. The number of aliphatic hydroxyl groups is 4. The van der Waals surface area contributed by atoms with Crippen molar-refractivity contribution in [3.63, 3.8) is 0 Å². The van der Waals surface area contributed by atoms with E-state index in [4.69, 9.17) is 45.1 Å². The van der Waals surface area contributed by atoms with Gasteiger partial charge in [-0.15, -0.1) is 13.2 Å². The minimum atomic E-state index is -1.22. The van der Waals surface area contributed by atoms with Gasteiger partial charge in [0.05, 0.1) is 37.6 Å². The SMILES string of the molecule is C=CCO[C@@H]1OC[C@@H](O)[C@H](O)C1O.C=CCO[C@@H]1OC[C@@H](O)[C@H](OC(=O)c2ccccc2)C1OC(=O)c1ccccc1.O=C(Cl)c1ccccc1. The van der Waals surface area contributed by atoms with Gasteiger partial charge in [0.15, 0.2) is 24.8 Å². The zero-order valence-corrected chi connectivity index (χ0v) is 28.3. The van der Waals surface area contributed by atoms with Crippen molar-refractivity contribution in [1.29, 1.82) is 0 Å². The Hall–Kier alpha value is -4.28. The van der Waals surface area contributed by atoms with Crippen LogP contribution in [0, 0.1) is 0 Å². The van der Waals surface area contributed by atoms with Gasteiger partial charge in [-0.3, -0.25) is 4.79 Å². The molecule has 0 aliphatic carbocycles. The van der Waals surface area contributed by atoms with E-state index in [0.29, 0.717) is 16.7 Å². The summed E-state index contributed by atoms with van der Waals surface area (Å²) in [6.07, 6.45) is -5.93. The average molecular weight is 729 g/mol. The van der Waals surface area contributed by atoms with Crippen molar-refractivity contribution >= 4 is 28.8 Å². The Morgan fingerprint density at radius 3 is 1.49 bits per heavy atom. The lowest BCUT2D eigenvalue weighted by Crippen LogP contribution is -2.57. The van der Waals surface area contributed by atoms with Crippen LogP contribution in [0.4, 0.5) is 0 Å². The number of benzene rings is 3. The molecule has 0 aromatic heterocycles. The number of hydrogen-bond acceptors (Lipinski definition) is 13. The number of carbonyl (C=O) groups is 3. The third-order valence-corrected chi connectivity index (χ3v) is 7.34. The molecule has 4 N–H and O–H groups in total. The Kier molecular flexibility index (Phi) is 17.6. The van der Waals surface area contributed by atoms with Crippen molar-refractivity contribution in [3.05, 3.63) is 133 Å². The van der Waals surface area contributed by atoms with Gasteiger partial charge < -0.3 is 48.8 Å². The van der Waals surface area contributed by atoms with E-state index >= 15 is 0 Å². The predicted octanol–water partition coefficient (Wildman–Crippen LogP) is 3.05. The van der Waals surface area contributed by atoms with Crippen molar-refractivity contribution in [2.24, 2.45) is 0 Å². The largest absolute Gasteiger partial charge is 0.452 e. The second kappa shape index (κ2) is 21.8. The summed E-state index contributed by atoms with van der Waals surface area (Å²) in [6, 6.07) is 25.4. The highest BCUT2D eigenvalue weighted by atomic mass is 35.5. The van der Waals surface area contributed by atoms with Crippen molar-refractivity contribution in [2.75, 3.05) is 26.4 Å². The van der Waals surface area contributed by atoms with Gasteiger partial charge in [-0.05, 0) is 35.9 Å². The Labute approximate surface area is 300 Å². The smallest absolute Gasteiger partial charge is 0.338 e. The Morgan fingerprint density at radius 2 is 1.04 bits per heavy atom. The van der Waals surface area contributed by atoms with Crippen LogP contribution in [0.25, 0.3) is 0 Å². The summed E-state index contributed by atoms with van der Waals surface area (Å²) >= 11 is 5.16. The van der Waals surface area contributed by atoms with Crippen LogP contribution in [-0.4, -0.2) is 113 Å². The summed E-state index contributed by atoms with van der Waals surface area (Å²) in [6.45, 7) is 7.17. The maximum absolute atomic E-state index is 12.6. The molecule has 3 aromatic rings. The predicted molar refractivity (Wildman–Crippen MR) is 184 cm³/mol. The fourth-order valence-corrected chi connectivity index (χ4v) is 4.65. The summed E-state index contributed by atoms with van der Waals surface area (Å²) in [5.74, 6) is -1.30. The Morgan fingerprint density at radius 1 is 0.627 bits per heavy atom. The van der Waals surface area contributed by atoms with Gasteiger partial charge in [-0.2, -0.15) is 0 Å². The second-order valence-corrected chi connectivity index (χ2v) is 11.2. The van der Waals surface area contributed by atoms with E-state index < -0.39 is 66.4 Å². The molecule has 3 aromatic carbocycles. The number of esters is 2. The Bertz CT molecular complexity index is 1510. The number of hydrogen-bond donors (Lipinski definition) is 4. The molecule has 0 radical (unpaired) electrons. The first kappa shape index (κ1) is 41.1. The van der Waals surface area contributed by atoms with Crippen LogP contribution in [0.1, 0.15) is 31.1 Å². The molecule has 2 saturated heterocycles. The standard InChI is InChI=1S/C22H22O7.C8H14O5.C7H5ClO/c1-2-13-26-22-19(29-21(25)16-11-7-4-8-12-16)18(17(23)14-27-22)28-20(24)15-9-5-3-6-10-15;1-2-3-12-8-7(11)6(10)5(9)4-13-8;8-7(9)6-4-2-1-3-5-6/h2-12,17-19,22-23H,1,13-14H2;2,5-11H,1,3-4H2;1-5H/t17-,18+,19?,22-;5-,6+,7?,8-;/m11./s1. The molecule has 2 aliphatic rings. The van der Waals surface area contributed by atoms with Crippen LogP contribution < -0.4 is 0 Å². The first-order valence-electron chi connectivity index (χ1n) is 15.7. The molecule has 8 atom stereocenters. The molecule has 0 amide bonds. The van der Waals surface area contributed by atoms with E-state index in [1.165, 1.54) is 12.2 Å². The Balaban J connectivity index is 0.000000260. The lowest BCUT2D eigenvalue weighted by atomic mass is 10.0. The highest BCUT2D eigenvalue weighted by Crippen LogP contribution is 2.25. The molecule has 2 heterocycles. The summed E-state index contributed by atoms with van der Waals surface area (Å²) in [7, 11) is 0. The van der Waals surface area contributed by atoms with Crippen LogP contribution in [-0.2, 0) is 28.4 Å². The van der Waals surface area contributed by atoms with Crippen LogP contribution in [0.5, 0.6) is 0 Å². The van der Waals surface area contributed by atoms with E-state index in [1.807, 2.05) is 6.07 Å². The lowest BCUT2D eigenvalue weighted by Gasteiger charge is -2.39. The summed E-state index contributed by atoms with van der Waals surface area (Å²) in [5, 5.41) is 37.6. The third-order valence-electron chi connectivity index (χ3n) is 7.12. The van der Waals surface area contributed by atoms with Gasteiger partial charge >= 0.3 is 11.9 Å². The topological polar surface area (TPSA) is 188 Å². The fraction of sp³-hybridized carbons (Fsp3) is 0.324.